The van der Waals surface area contributed by atoms with Crippen molar-refractivity contribution in [3.63, 3.8) is 0 Å². The minimum Gasteiger partial charge on any atom is -0.496 e. The molecule has 0 aliphatic heterocycles. The summed E-state index contributed by atoms with van der Waals surface area (Å²) >= 11 is 0. The highest BCUT2D eigenvalue weighted by atomic mass is 16.6. The van der Waals surface area contributed by atoms with E-state index in [4.69, 9.17) is 9.26 Å². The number of hydrogen-bond acceptors (Lipinski definition) is 7. The number of aromatic nitrogens is 2. The number of nitro groups is 1. The zero-order valence-electron chi connectivity index (χ0n) is 16.1. The molecular weight excluding hydrogens is 384 g/mol. The standard InChI is InChI=1S/C22H18N4O4/c1-29-20-10-6-5-9-17(20)14-23-18-12-11-16(13-19(18)26(27)28)22-24-21(25-30-22)15-7-3-2-4-8-15/h2-13,23H,14H2,1H3. The number of methoxy groups -OCH3 is 1. The highest BCUT2D eigenvalue weighted by molar-refractivity contribution is 5.70. The van der Waals surface area contributed by atoms with Gasteiger partial charge in [0.1, 0.15) is 11.4 Å². The summed E-state index contributed by atoms with van der Waals surface area (Å²) in [5.74, 6) is 1.35. The fourth-order valence-electron chi connectivity index (χ4n) is 3.05. The zero-order chi connectivity index (χ0) is 20.9. The maximum atomic E-state index is 11.6. The second-order valence-corrected chi connectivity index (χ2v) is 6.44. The first-order valence-electron chi connectivity index (χ1n) is 9.19. The lowest BCUT2D eigenvalue weighted by Gasteiger charge is -2.11. The van der Waals surface area contributed by atoms with Gasteiger partial charge in [-0.2, -0.15) is 4.98 Å². The molecule has 0 unspecified atom stereocenters. The minimum absolute atomic E-state index is 0.0816. The van der Waals surface area contributed by atoms with Crippen LogP contribution in [-0.2, 0) is 6.54 Å². The molecule has 30 heavy (non-hydrogen) atoms. The molecule has 1 aromatic heterocycles. The maximum Gasteiger partial charge on any atom is 0.293 e. The van der Waals surface area contributed by atoms with E-state index < -0.39 is 4.92 Å². The normalized spacial score (nSPS) is 10.6. The van der Waals surface area contributed by atoms with Gasteiger partial charge >= 0.3 is 0 Å². The Kier molecular flexibility index (Phi) is 5.38. The van der Waals surface area contributed by atoms with Crippen LogP contribution in [0.1, 0.15) is 5.56 Å². The molecule has 0 amide bonds. The summed E-state index contributed by atoms with van der Waals surface area (Å²) in [7, 11) is 1.59. The number of hydrogen-bond donors (Lipinski definition) is 1. The fraction of sp³-hybridized carbons (Fsp3) is 0.0909. The molecule has 8 heteroatoms. The number of benzene rings is 3. The molecule has 0 saturated heterocycles. The van der Waals surface area contributed by atoms with Gasteiger partial charge in [-0.05, 0) is 18.2 Å². The van der Waals surface area contributed by atoms with Gasteiger partial charge in [-0.3, -0.25) is 10.1 Å². The Hall–Kier alpha value is -4.20. The van der Waals surface area contributed by atoms with Gasteiger partial charge in [0.15, 0.2) is 0 Å². The van der Waals surface area contributed by atoms with Crippen LogP contribution < -0.4 is 10.1 Å². The van der Waals surface area contributed by atoms with Gasteiger partial charge in [0, 0.05) is 29.3 Å². The number of nitro benzene ring substituents is 1. The van der Waals surface area contributed by atoms with E-state index in [1.165, 1.54) is 6.07 Å². The summed E-state index contributed by atoms with van der Waals surface area (Å²) in [4.78, 5) is 15.6. The van der Waals surface area contributed by atoms with Gasteiger partial charge in [0.05, 0.1) is 12.0 Å². The van der Waals surface area contributed by atoms with E-state index in [2.05, 4.69) is 15.5 Å². The average Bonchev–Trinajstić information content (AvgIpc) is 3.28. The van der Waals surface area contributed by atoms with E-state index >= 15 is 0 Å². The van der Waals surface area contributed by atoms with Crippen molar-refractivity contribution < 1.29 is 14.2 Å². The number of para-hydroxylation sites is 1. The Morgan fingerprint density at radius 2 is 1.80 bits per heavy atom. The highest BCUT2D eigenvalue weighted by Crippen LogP contribution is 2.31. The molecule has 0 bridgehead atoms. The van der Waals surface area contributed by atoms with Crippen molar-refractivity contribution in [2.75, 3.05) is 12.4 Å². The van der Waals surface area contributed by atoms with Crippen LogP contribution in [0, 0.1) is 10.1 Å². The van der Waals surface area contributed by atoms with E-state index in [1.807, 2.05) is 54.6 Å². The quantitative estimate of drug-likeness (QED) is 0.345. The topological polar surface area (TPSA) is 103 Å². The largest absolute Gasteiger partial charge is 0.496 e. The highest BCUT2D eigenvalue weighted by Gasteiger charge is 2.19. The molecule has 0 aliphatic rings. The van der Waals surface area contributed by atoms with Crippen LogP contribution >= 0.6 is 0 Å². The van der Waals surface area contributed by atoms with Gasteiger partial charge in [0.2, 0.25) is 5.82 Å². The van der Waals surface area contributed by atoms with E-state index in [0.717, 1.165) is 11.1 Å². The Balaban J connectivity index is 1.59. The summed E-state index contributed by atoms with van der Waals surface area (Å²) < 4.78 is 10.6. The number of nitrogens with zero attached hydrogens (tertiary/aromatic N) is 3. The van der Waals surface area contributed by atoms with E-state index in [1.54, 1.807) is 19.2 Å². The molecule has 1 N–H and O–H groups in total. The van der Waals surface area contributed by atoms with Crippen molar-refractivity contribution in [2.24, 2.45) is 0 Å². The minimum atomic E-state index is -0.442. The molecule has 4 rings (SSSR count). The first-order valence-corrected chi connectivity index (χ1v) is 9.19. The molecule has 0 aliphatic carbocycles. The number of rotatable bonds is 7. The number of anilines is 1. The second kappa shape index (κ2) is 8.44. The first kappa shape index (κ1) is 19.1. The first-order chi connectivity index (χ1) is 14.7. The third-order valence-electron chi connectivity index (χ3n) is 4.56. The lowest BCUT2D eigenvalue weighted by Crippen LogP contribution is -2.04. The smallest absolute Gasteiger partial charge is 0.293 e. The molecule has 8 nitrogen and oxygen atoms in total. The van der Waals surface area contributed by atoms with Gasteiger partial charge in [0.25, 0.3) is 11.6 Å². The molecule has 0 saturated carbocycles. The van der Waals surface area contributed by atoms with Crippen molar-refractivity contribution >= 4 is 11.4 Å². The predicted molar refractivity (Wildman–Crippen MR) is 112 cm³/mol. The van der Waals surface area contributed by atoms with Crippen LogP contribution in [0.25, 0.3) is 22.8 Å². The Bertz CT molecular complexity index is 1170. The maximum absolute atomic E-state index is 11.6. The average molecular weight is 402 g/mol. The van der Waals surface area contributed by atoms with Gasteiger partial charge in [-0.15, -0.1) is 0 Å². The van der Waals surface area contributed by atoms with Crippen molar-refractivity contribution in [3.8, 4) is 28.6 Å². The van der Waals surface area contributed by atoms with Crippen LogP contribution in [0.2, 0.25) is 0 Å². The van der Waals surface area contributed by atoms with Crippen molar-refractivity contribution in [3.05, 3.63) is 88.5 Å². The van der Waals surface area contributed by atoms with E-state index in [9.17, 15) is 10.1 Å². The molecule has 3 aromatic carbocycles. The van der Waals surface area contributed by atoms with E-state index in [0.29, 0.717) is 29.4 Å². The summed E-state index contributed by atoms with van der Waals surface area (Å²) in [5, 5.41) is 18.7. The predicted octanol–water partition coefficient (Wildman–Crippen LogP) is 4.93. The SMILES string of the molecule is COc1ccccc1CNc1ccc(-c2nc(-c3ccccc3)no2)cc1[N+](=O)[O-]. The Morgan fingerprint density at radius 1 is 1.03 bits per heavy atom. The number of ether oxygens (including phenoxy) is 1. The summed E-state index contributed by atoms with van der Waals surface area (Å²) in [6, 6.07) is 21.6. The second-order valence-electron chi connectivity index (χ2n) is 6.44. The molecule has 0 radical (unpaired) electrons. The summed E-state index contributed by atoms with van der Waals surface area (Å²) in [6.07, 6.45) is 0. The molecular formula is C22H18N4O4. The van der Waals surface area contributed by atoms with Crippen LogP contribution in [0.4, 0.5) is 11.4 Å². The molecule has 1 heterocycles. The fourth-order valence-corrected chi connectivity index (χ4v) is 3.05. The molecule has 0 spiro atoms. The Labute approximate surface area is 172 Å². The zero-order valence-corrected chi connectivity index (χ0v) is 16.1. The van der Waals surface area contributed by atoms with Crippen LogP contribution in [-0.4, -0.2) is 22.2 Å². The molecule has 150 valence electrons. The van der Waals surface area contributed by atoms with Gasteiger partial charge < -0.3 is 14.6 Å². The monoisotopic (exact) mass is 402 g/mol. The third kappa shape index (κ3) is 3.97. The third-order valence-corrected chi connectivity index (χ3v) is 4.56. The van der Waals surface area contributed by atoms with Crippen LogP contribution in [0.15, 0.2) is 77.3 Å². The van der Waals surface area contributed by atoms with Crippen LogP contribution in [0.3, 0.4) is 0 Å². The van der Waals surface area contributed by atoms with Crippen molar-refractivity contribution in [2.45, 2.75) is 6.54 Å². The van der Waals surface area contributed by atoms with E-state index in [-0.39, 0.29) is 11.6 Å². The summed E-state index contributed by atoms with van der Waals surface area (Å²) in [5.41, 5.74) is 2.47. The lowest BCUT2D eigenvalue weighted by atomic mass is 10.1. The lowest BCUT2D eigenvalue weighted by molar-refractivity contribution is -0.383. The van der Waals surface area contributed by atoms with Crippen molar-refractivity contribution in [1.29, 1.82) is 0 Å². The van der Waals surface area contributed by atoms with Gasteiger partial charge in [-0.1, -0.05) is 53.7 Å². The van der Waals surface area contributed by atoms with Crippen molar-refractivity contribution in [1.82, 2.24) is 10.1 Å². The Morgan fingerprint density at radius 3 is 2.57 bits per heavy atom. The van der Waals surface area contributed by atoms with Crippen LogP contribution in [0.5, 0.6) is 5.75 Å². The molecule has 0 fully saturated rings. The molecule has 4 aromatic rings. The molecule has 0 atom stereocenters. The van der Waals surface area contributed by atoms with Gasteiger partial charge in [-0.25, -0.2) is 0 Å². The number of nitrogens with one attached hydrogen (secondary N) is 1. The summed E-state index contributed by atoms with van der Waals surface area (Å²) in [6.45, 7) is 0.378.